The molecule has 7 heteroatoms. The van der Waals surface area contributed by atoms with Gasteiger partial charge in [-0.1, -0.05) is 0 Å². The van der Waals surface area contributed by atoms with Crippen molar-refractivity contribution in [2.75, 3.05) is 13.7 Å². The molecule has 3 rings (SSSR count). The van der Waals surface area contributed by atoms with E-state index < -0.39 is 12.1 Å². The lowest BCUT2D eigenvalue weighted by Crippen LogP contribution is -2.37. The van der Waals surface area contributed by atoms with Crippen molar-refractivity contribution < 1.29 is 19.0 Å². The van der Waals surface area contributed by atoms with E-state index in [9.17, 15) is 4.79 Å². The van der Waals surface area contributed by atoms with Crippen LogP contribution in [0.15, 0.2) is 18.3 Å². The number of nitrogens with two attached hydrogens (primary N) is 1. The highest BCUT2D eigenvalue weighted by molar-refractivity contribution is 5.88. The van der Waals surface area contributed by atoms with E-state index in [1.54, 1.807) is 10.9 Å². The summed E-state index contributed by atoms with van der Waals surface area (Å²) in [6.07, 6.45) is 0.968. The zero-order valence-corrected chi connectivity index (χ0v) is 11.9. The predicted octanol–water partition coefficient (Wildman–Crippen LogP) is 0.696. The number of ether oxygens (including phenoxy) is 3. The number of carbonyl (C=O) groups is 1. The van der Waals surface area contributed by atoms with Crippen LogP contribution >= 0.6 is 0 Å². The molecule has 0 radical (unpaired) electrons. The summed E-state index contributed by atoms with van der Waals surface area (Å²) < 4.78 is 17.8. The van der Waals surface area contributed by atoms with Crippen molar-refractivity contribution in [3.05, 3.63) is 18.3 Å². The Kier molecular flexibility index (Phi) is 3.42. The molecule has 0 spiro atoms. The largest absolute Gasteiger partial charge is 0.485 e. The lowest BCUT2D eigenvalue weighted by Gasteiger charge is -2.25. The first-order chi connectivity index (χ1) is 10.1. The van der Waals surface area contributed by atoms with Crippen LogP contribution in [-0.4, -0.2) is 41.6 Å². The van der Waals surface area contributed by atoms with E-state index in [0.717, 1.165) is 10.9 Å². The smallest absolute Gasteiger partial charge is 0.350 e. The van der Waals surface area contributed by atoms with E-state index in [1.165, 1.54) is 7.11 Å². The Balaban J connectivity index is 2.06. The molecule has 1 aliphatic rings. The lowest BCUT2D eigenvalue weighted by atomic mass is 10.2. The number of benzene rings is 1. The molecule has 1 unspecified atom stereocenters. The van der Waals surface area contributed by atoms with Crippen molar-refractivity contribution >= 4 is 16.9 Å². The van der Waals surface area contributed by atoms with Crippen LogP contribution in [0.25, 0.3) is 10.9 Å². The molecule has 0 saturated carbocycles. The van der Waals surface area contributed by atoms with Gasteiger partial charge in [-0.25, -0.2) is 4.79 Å². The molecule has 0 fully saturated rings. The van der Waals surface area contributed by atoms with Crippen molar-refractivity contribution in [3.63, 3.8) is 0 Å². The summed E-state index contributed by atoms with van der Waals surface area (Å²) in [5.41, 5.74) is 6.62. The van der Waals surface area contributed by atoms with E-state index in [0.29, 0.717) is 18.0 Å². The summed E-state index contributed by atoms with van der Waals surface area (Å²) in [6, 6.07) is 3.66. The summed E-state index contributed by atoms with van der Waals surface area (Å²) >= 11 is 0. The number of fused-ring (bicyclic) bond motifs is 3. The Morgan fingerprint density at radius 3 is 3.14 bits per heavy atom. The molecule has 0 bridgehead atoms. The summed E-state index contributed by atoms with van der Waals surface area (Å²) in [7, 11) is 1.32. The van der Waals surface area contributed by atoms with Gasteiger partial charge in [0.1, 0.15) is 12.1 Å². The van der Waals surface area contributed by atoms with Crippen molar-refractivity contribution in [2.45, 2.75) is 25.6 Å². The van der Waals surface area contributed by atoms with Gasteiger partial charge in [0.15, 0.2) is 11.5 Å². The van der Waals surface area contributed by atoms with Crippen LogP contribution in [-0.2, 0) is 16.1 Å². The Morgan fingerprint density at radius 2 is 2.43 bits per heavy atom. The second-order valence-corrected chi connectivity index (χ2v) is 5.08. The molecule has 2 atom stereocenters. The first-order valence-electron chi connectivity index (χ1n) is 6.71. The van der Waals surface area contributed by atoms with Crippen LogP contribution in [0.3, 0.4) is 0 Å². The highest BCUT2D eigenvalue weighted by atomic mass is 16.6. The van der Waals surface area contributed by atoms with Crippen molar-refractivity contribution in [2.24, 2.45) is 5.73 Å². The van der Waals surface area contributed by atoms with Gasteiger partial charge in [0.05, 0.1) is 19.9 Å². The van der Waals surface area contributed by atoms with Gasteiger partial charge in [-0.05, 0) is 19.1 Å². The molecule has 0 aliphatic carbocycles. The number of hydrogen-bond acceptors (Lipinski definition) is 6. The topological polar surface area (TPSA) is 88.6 Å². The van der Waals surface area contributed by atoms with E-state index in [-0.39, 0.29) is 12.6 Å². The molecule has 0 saturated heterocycles. The highest BCUT2D eigenvalue weighted by Gasteiger charge is 2.30. The predicted molar refractivity (Wildman–Crippen MR) is 75.3 cm³/mol. The molecule has 7 nitrogen and oxygen atoms in total. The second kappa shape index (κ2) is 5.25. The fourth-order valence-corrected chi connectivity index (χ4v) is 2.36. The zero-order valence-electron chi connectivity index (χ0n) is 11.9. The van der Waals surface area contributed by atoms with Gasteiger partial charge < -0.3 is 19.9 Å². The molecule has 1 aromatic heterocycles. The number of hydrogen-bond donors (Lipinski definition) is 1. The Bertz CT molecular complexity index is 680. The third-order valence-electron chi connectivity index (χ3n) is 3.30. The number of esters is 1. The minimum absolute atomic E-state index is 0.0510. The molecular formula is C14H17N3O4. The number of rotatable bonds is 3. The SMILES string of the molecule is COC(=O)C1COc2ccc3cnn(C[C@H](C)N)c3c2O1. The van der Waals surface area contributed by atoms with Crippen LogP contribution in [0.1, 0.15) is 6.92 Å². The Hall–Kier alpha value is -2.28. The van der Waals surface area contributed by atoms with Crippen molar-refractivity contribution in [3.8, 4) is 11.5 Å². The minimum atomic E-state index is -0.772. The Labute approximate surface area is 121 Å². The van der Waals surface area contributed by atoms with Crippen LogP contribution in [0.5, 0.6) is 11.5 Å². The number of methoxy groups -OCH3 is 1. The molecule has 1 aliphatic heterocycles. The third-order valence-corrected chi connectivity index (χ3v) is 3.30. The third kappa shape index (κ3) is 2.40. The molecule has 2 heterocycles. The van der Waals surface area contributed by atoms with Gasteiger partial charge >= 0.3 is 5.97 Å². The normalized spacial score (nSPS) is 18.5. The molecular weight excluding hydrogens is 274 g/mol. The van der Waals surface area contributed by atoms with Crippen LogP contribution in [0.4, 0.5) is 0 Å². The lowest BCUT2D eigenvalue weighted by molar-refractivity contribution is -0.151. The molecule has 1 aromatic carbocycles. The van der Waals surface area contributed by atoms with Gasteiger partial charge in [-0.15, -0.1) is 0 Å². The Morgan fingerprint density at radius 1 is 1.62 bits per heavy atom. The summed E-state index contributed by atoms with van der Waals surface area (Å²) in [4.78, 5) is 11.6. The average molecular weight is 291 g/mol. The maximum Gasteiger partial charge on any atom is 0.350 e. The zero-order chi connectivity index (χ0) is 15.0. The first kappa shape index (κ1) is 13.7. The average Bonchev–Trinajstić information content (AvgIpc) is 2.88. The highest BCUT2D eigenvalue weighted by Crippen LogP contribution is 2.39. The maximum atomic E-state index is 11.6. The molecule has 0 amide bonds. The number of carbonyl (C=O) groups excluding carboxylic acids is 1. The van der Waals surface area contributed by atoms with Gasteiger partial charge in [0, 0.05) is 11.4 Å². The van der Waals surface area contributed by atoms with E-state index in [4.69, 9.17) is 19.9 Å². The standard InChI is InChI=1S/C14H17N3O4/c1-8(15)6-17-12-9(5-16-17)3-4-10-13(12)21-11(7-20-10)14(18)19-2/h3-5,8,11H,6-7,15H2,1-2H3/t8-,11?/m0/s1. The monoisotopic (exact) mass is 291 g/mol. The second-order valence-electron chi connectivity index (χ2n) is 5.08. The van der Waals surface area contributed by atoms with Crippen LogP contribution in [0.2, 0.25) is 0 Å². The van der Waals surface area contributed by atoms with Crippen molar-refractivity contribution in [1.82, 2.24) is 9.78 Å². The van der Waals surface area contributed by atoms with Crippen molar-refractivity contribution in [1.29, 1.82) is 0 Å². The van der Waals surface area contributed by atoms with Crippen LogP contribution in [0, 0.1) is 0 Å². The molecule has 2 aromatic rings. The quantitative estimate of drug-likeness (QED) is 0.837. The van der Waals surface area contributed by atoms with Gasteiger partial charge in [0.25, 0.3) is 0 Å². The maximum absolute atomic E-state index is 11.6. The van der Waals surface area contributed by atoms with E-state index >= 15 is 0 Å². The number of aromatic nitrogens is 2. The summed E-state index contributed by atoms with van der Waals surface area (Å²) in [6.45, 7) is 2.58. The van der Waals surface area contributed by atoms with E-state index in [2.05, 4.69) is 5.10 Å². The minimum Gasteiger partial charge on any atom is -0.485 e. The van der Waals surface area contributed by atoms with Gasteiger partial charge in [-0.3, -0.25) is 4.68 Å². The fourth-order valence-electron chi connectivity index (χ4n) is 2.36. The molecule has 112 valence electrons. The molecule has 21 heavy (non-hydrogen) atoms. The first-order valence-corrected chi connectivity index (χ1v) is 6.71. The fraction of sp³-hybridized carbons (Fsp3) is 0.429. The molecule has 2 N–H and O–H groups in total. The van der Waals surface area contributed by atoms with Gasteiger partial charge in [-0.2, -0.15) is 5.10 Å². The summed E-state index contributed by atoms with van der Waals surface area (Å²) in [5, 5.41) is 5.22. The number of nitrogens with zero attached hydrogens (tertiary/aromatic N) is 2. The summed E-state index contributed by atoms with van der Waals surface area (Å²) in [5.74, 6) is 0.636. The van der Waals surface area contributed by atoms with Gasteiger partial charge in [0.2, 0.25) is 6.10 Å². The van der Waals surface area contributed by atoms with Crippen LogP contribution < -0.4 is 15.2 Å². The van der Waals surface area contributed by atoms with E-state index in [1.807, 2.05) is 19.1 Å².